The van der Waals surface area contributed by atoms with Crippen LogP contribution in [0.1, 0.15) is 20.7 Å². The molecule has 110 valence electrons. The predicted octanol–water partition coefficient (Wildman–Crippen LogP) is 2.97. The quantitative estimate of drug-likeness (QED) is 0.168. The van der Waals surface area contributed by atoms with Crippen molar-refractivity contribution in [1.29, 1.82) is 5.41 Å². The zero-order chi connectivity index (χ0) is 16.2. The molecule has 1 rings (SSSR count). The first-order valence-electron chi connectivity index (χ1n) is 4.44. The highest BCUT2D eigenvalue weighted by Gasteiger charge is 2.27. The van der Waals surface area contributed by atoms with Crippen LogP contribution in [-0.2, 0) is 0 Å². The fourth-order valence-corrected chi connectivity index (χ4v) is 3.49. The lowest BCUT2D eigenvalue weighted by molar-refractivity contribution is 0.0649. The zero-order valence-corrected chi connectivity index (χ0v) is 15.7. The first kappa shape index (κ1) is 19.4. The van der Waals surface area contributed by atoms with Crippen LogP contribution in [0, 0.1) is 5.41 Å². The van der Waals surface area contributed by atoms with Crippen LogP contribution in [0.5, 0.6) is 0 Å². The van der Waals surface area contributed by atoms with Gasteiger partial charge in [-0.2, -0.15) is 0 Å². The van der Waals surface area contributed by atoms with Crippen molar-refractivity contribution in [3.8, 4) is 0 Å². The number of carboxylic acids is 2. The summed E-state index contributed by atoms with van der Waals surface area (Å²) in [6.07, 6.45) is 0. The molecule has 0 saturated carbocycles. The molecule has 0 aliphatic heterocycles. The lowest BCUT2D eigenvalue weighted by Crippen LogP contribution is -2.20. The van der Waals surface area contributed by atoms with Crippen LogP contribution in [0.4, 0.5) is 0 Å². The number of benzene rings is 1. The molecule has 0 amide bonds. The Balaban J connectivity index is 0.000000796. The van der Waals surface area contributed by atoms with Gasteiger partial charge in [-0.3, -0.25) is 5.41 Å². The van der Waals surface area contributed by atoms with E-state index in [0.717, 1.165) is 0 Å². The van der Waals surface area contributed by atoms with Gasteiger partial charge in [-0.15, -0.1) is 0 Å². The maximum Gasteiger partial charge on any atom is 0.337 e. The molecule has 0 aliphatic carbocycles. The smallest absolute Gasteiger partial charge is 0.337 e. The summed E-state index contributed by atoms with van der Waals surface area (Å²) in [5, 5.41) is 24.0. The molecule has 0 fully saturated rings. The van der Waals surface area contributed by atoms with Gasteiger partial charge in [0.05, 0.1) is 11.1 Å². The molecule has 0 heterocycles. The number of nitrogens with one attached hydrogen (secondary N) is 1. The van der Waals surface area contributed by atoms with Crippen LogP contribution in [0.15, 0.2) is 17.9 Å². The van der Waals surface area contributed by atoms with E-state index < -0.39 is 11.9 Å². The third-order valence-corrected chi connectivity index (χ3v) is 6.46. The number of carboxylic acid groups (broad SMARTS) is 2. The maximum atomic E-state index is 11.0. The highest BCUT2D eigenvalue weighted by atomic mass is 79.9. The number of aromatic carboxylic acids is 2. The summed E-state index contributed by atoms with van der Waals surface area (Å²) < 4.78 is 1.21. The van der Waals surface area contributed by atoms with Gasteiger partial charge in [-0.1, -0.05) is 0 Å². The summed E-state index contributed by atoms with van der Waals surface area (Å²) in [4.78, 5) is 22.0. The fraction of sp³-hybridized carbons (Fsp3) is 0. The highest BCUT2D eigenvalue weighted by molar-refractivity contribution is 9.15. The lowest BCUT2D eigenvalue weighted by atomic mass is 10.1. The Hall–Kier alpha value is -0.650. The molecular weight excluding hydrogens is 534 g/mol. The Labute approximate surface area is 146 Å². The number of carbonyl (C=O) groups is 2. The summed E-state index contributed by atoms with van der Waals surface area (Å²) >= 11 is 12.4. The van der Waals surface area contributed by atoms with Crippen molar-refractivity contribution in [1.82, 2.24) is 0 Å². The van der Waals surface area contributed by atoms with Crippen LogP contribution in [0.25, 0.3) is 0 Å². The van der Waals surface area contributed by atoms with E-state index in [4.69, 9.17) is 15.6 Å². The fourth-order valence-electron chi connectivity index (χ4n) is 1.03. The van der Waals surface area contributed by atoms with Gasteiger partial charge in [0.1, 0.15) is 0 Å². The molecule has 0 saturated heterocycles. The second-order valence-electron chi connectivity index (χ2n) is 3.07. The van der Waals surface area contributed by atoms with Crippen molar-refractivity contribution in [3.63, 3.8) is 0 Å². The third kappa shape index (κ3) is 4.72. The van der Waals surface area contributed by atoms with E-state index in [9.17, 15) is 9.59 Å². The Kier molecular flexibility index (Phi) is 7.70. The lowest BCUT2D eigenvalue weighted by Gasteiger charge is -2.11. The standard InChI is InChI=1S/C8H2Br4O4.CH5N3/c9-3-1(7(13)14)2(8(15)16)4(10)6(12)5(3)11;2-1(3)4/h(H,13,14)(H,15,16);(H5,2,3,4). The van der Waals surface area contributed by atoms with Gasteiger partial charge < -0.3 is 21.7 Å². The largest absolute Gasteiger partial charge is 0.478 e. The number of nitrogens with two attached hydrogens (primary N) is 2. The molecule has 0 unspecified atom stereocenters. The molecule has 0 radical (unpaired) electrons. The number of guanidine groups is 1. The van der Waals surface area contributed by atoms with Crippen LogP contribution in [-0.4, -0.2) is 28.1 Å². The number of halogens is 4. The van der Waals surface area contributed by atoms with E-state index in [2.05, 4.69) is 75.2 Å². The summed E-state index contributed by atoms with van der Waals surface area (Å²) in [5.41, 5.74) is 8.32. The number of hydrogen-bond acceptors (Lipinski definition) is 3. The van der Waals surface area contributed by atoms with Crippen LogP contribution >= 0.6 is 63.7 Å². The molecule has 0 aliphatic rings. The average molecular weight is 541 g/mol. The van der Waals surface area contributed by atoms with Crippen molar-refractivity contribution >= 4 is 81.6 Å². The molecular formula is C9H7Br4N3O4. The van der Waals surface area contributed by atoms with Crippen molar-refractivity contribution in [2.45, 2.75) is 0 Å². The molecule has 7 nitrogen and oxygen atoms in total. The van der Waals surface area contributed by atoms with E-state index in [1.807, 2.05) is 0 Å². The summed E-state index contributed by atoms with van der Waals surface area (Å²) in [6, 6.07) is 0. The topological polar surface area (TPSA) is 150 Å². The minimum atomic E-state index is -1.32. The Morgan fingerprint density at radius 1 is 0.800 bits per heavy atom. The zero-order valence-electron chi connectivity index (χ0n) is 9.38. The second-order valence-corrected chi connectivity index (χ2v) is 6.24. The molecule has 1 aromatic rings. The first-order valence-corrected chi connectivity index (χ1v) is 7.61. The predicted molar refractivity (Wildman–Crippen MR) is 87.3 cm³/mol. The maximum absolute atomic E-state index is 11.0. The van der Waals surface area contributed by atoms with E-state index in [1.165, 1.54) is 0 Å². The first-order chi connectivity index (χ1) is 9.02. The van der Waals surface area contributed by atoms with Crippen LogP contribution in [0.2, 0.25) is 0 Å². The van der Waals surface area contributed by atoms with E-state index in [1.54, 1.807) is 0 Å². The van der Waals surface area contributed by atoms with Crippen LogP contribution in [0.3, 0.4) is 0 Å². The SMILES string of the molecule is N=C(N)N.O=C(O)c1c(Br)c(Br)c(Br)c(Br)c1C(=O)O. The second kappa shape index (κ2) is 7.96. The molecule has 0 atom stereocenters. The molecule has 11 heteroatoms. The minimum Gasteiger partial charge on any atom is -0.478 e. The minimum absolute atomic E-state index is 0.174. The van der Waals surface area contributed by atoms with Gasteiger partial charge in [-0.05, 0) is 63.7 Å². The summed E-state index contributed by atoms with van der Waals surface area (Å²) in [6.45, 7) is 0. The van der Waals surface area contributed by atoms with Gasteiger partial charge in [0.2, 0.25) is 0 Å². The number of hydrogen-bond donors (Lipinski definition) is 5. The van der Waals surface area contributed by atoms with Gasteiger partial charge in [0.25, 0.3) is 0 Å². The van der Waals surface area contributed by atoms with E-state index in [0.29, 0.717) is 8.95 Å². The molecule has 0 aromatic heterocycles. The van der Waals surface area contributed by atoms with E-state index in [-0.39, 0.29) is 26.0 Å². The summed E-state index contributed by atoms with van der Waals surface area (Å²) in [7, 11) is 0. The third-order valence-electron chi connectivity index (χ3n) is 1.69. The van der Waals surface area contributed by atoms with Crippen LogP contribution < -0.4 is 11.5 Å². The normalized spacial score (nSPS) is 9.40. The summed E-state index contributed by atoms with van der Waals surface area (Å²) in [5.74, 6) is -2.98. The van der Waals surface area contributed by atoms with Gasteiger partial charge in [0, 0.05) is 17.9 Å². The molecule has 7 N–H and O–H groups in total. The highest BCUT2D eigenvalue weighted by Crippen LogP contribution is 2.42. The molecule has 1 aromatic carbocycles. The Morgan fingerprint density at radius 2 is 1.00 bits per heavy atom. The molecule has 0 bridgehead atoms. The van der Waals surface area contributed by atoms with Crippen molar-refractivity contribution in [3.05, 3.63) is 29.0 Å². The molecule has 0 spiro atoms. The Morgan fingerprint density at radius 3 is 1.15 bits per heavy atom. The molecule has 20 heavy (non-hydrogen) atoms. The average Bonchev–Trinajstić information content (AvgIpc) is 2.29. The van der Waals surface area contributed by atoms with Crippen molar-refractivity contribution in [2.75, 3.05) is 0 Å². The Bertz CT molecular complexity index is 542. The van der Waals surface area contributed by atoms with Gasteiger partial charge >= 0.3 is 11.9 Å². The number of rotatable bonds is 2. The van der Waals surface area contributed by atoms with Crippen molar-refractivity contribution < 1.29 is 19.8 Å². The monoisotopic (exact) mass is 537 g/mol. The van der Waals surface area contributed by atoms with Crippen molar-refractivity contribution in [2.24, 2.45) is 11.5 Å². The van der Waals surface area contributed by atoms with Gasteiger partial charge in [-0.25, -0.2) is 9.59 Å². The van der Waals surface area contributed by atoms with E-state index >= 15 is 0 Å². The van der Waals surface area contributed by atoms with Gasteiger partial charge in [0.15, 0.2) is 5.96 Å².